The number of alkyl halides is 1. The van der Waals surface area contributed by atoms with E-state index in [1.165, 1.54) is 0 Å². The lowest BCUT2D eigenvalue weighted by atomic mass is 10.0. The minimum Gasteiger partial charge on any atom is -0.448 e. The Morgan fingerprint density at radius 2 is 1.86 bits per heavy atom. The van der Waals surface area contributed by atoms with Gasteiger partial charge in [0.05, 0.1) is 5.88 Å². The summed E-state index contributed by atoms with van der Waals surface area (Å²) in [5.74, 6) is 0.265. The molecular formula is C15H18Cl2N2O3. The molecule has 1 saturated heterocycles. The molecular weight excluding hydrogens is 327 g/mol. The van der Waals surface area contributed by atoms with Crippen LogP contribution in [0.25, 0.3) is 0 Å². The van der Waals surface area contributed by atoms with Crippen molar-refractivity contribution in [3.05, 3.63) is 34.9 Å². The van der Waals surface area contributed by atoms with Gasteiger partial charge in [-0.3, -0.25) is 4.79 Å². The Hall–Kier alpha value is -1.46. The Kier molecular flexibility index (Phi) is 6.34. The van der Waals surface area contributed by atoms with Crippen molar-refractivity contribution in [2.45, 2.75) is 18.9 Å². The molecule has 0 radical (unpaired) electrons. The third-order valence-electron chi connectivity index (χ3n) is 3.51. The van der Waals surface area contributed by atoms with Crippen LogP contribution in [-0.4, -0.2) is 48.5 Å². The number of amides is 2. The van der Waals surface area contributed by atoms with E-state index >= 15 is 0 Å². The lowest BCUT2D eigenvalue weighted by molar-refractivity contribution is 0.0702. The fourth-order valence-corrected chi connectivity index (χ4v) is 2.54. The molecule has 1 aliphatic heterocycles. The number of carbonyl (C=O) groups is 2. The van der Waals surface area contributed by atoms with Crippen LogP contribution in [0.4, 0.5) is 4.79 Å². The average molecular weight is 345 g/mol. The number of rotatable bonds is 4. The van der Waals surface area contributed by atoms with Crippen LogP contribution in [0, 0.1) is 0 Å². The highest BCUT2D eigenvalue weighted by molar-refractivity contribution is 6.30. The van der Waals surface area contributed by atoms with Crippen molar-refractivity contribution in [3.8, 4) is 0 Å². The Morgan fingerprint density at radius 1 is 1.23 bits per heavy atom. The van der Waals surface area contributed by atoms with Gasteiger partial charge in [-0.1, -0.05) is 11.6 Å². The largest absolute Gasteiger partial charge is 0.448 e. The smallest absolute Gasteiger partial charge is 0.407 e. The Balaban J connectivity index is 1.80. The summed E-state index contributed by atoms with van der Waals surface area (Å²) in [6.45, 7) is 1.39. The first-order valence-electron chi connectivity index (χ1n) is 7.14. The van der Waals surface area contributed by atoms with Crippen molar-refractivity contribution in [2.75, 3.05) is 25.6 Å². The van der Waals surface area contributed by atoms with Crippen molar-refractivity contribution in [1.29, 1.82) is 0 Å². The molecule has 2 amide bonds. The summed E-state index contributed by atoms with van der Waals surface area (Å²) < 4.78 is 4.87. The minimum atomic E-state index is -0.455. The molecule has 120 valence electrons. The Labute approximate surface area is 139 Å². The number of benzene rings is 1. The van der Waals surface area contributed by atoms with Crippen molar-refractivity contribution >= 4 is 35.2 Å². The summed E-state index contributed by atoms with van der Waals surface area (Å²) >= 11 is 11.3. The number of halogens is 2. The second-order valence-corrected chi connectivity index (χ2v) is 5.86. The fraction of sp³-hybridized carbons (Fsp3) is 0.467. The number of likely N-dealkylation sites (tertiary alicyclic amines) is 1. The highest BCUT2D eigenvalue weighted by Crippen LogP contribution is 2.16. The maximum Gasteiger partial charge on any atom is 0.407 e. The monoisotopic (exact) mass is 344 g/mol. The molecule has 0 aliphatic carbocycles. The molecule has 2 rings (SSSR count). The number of carbonyl (C=O) groups excluding carboxylic acids is 2. The van der Waals surface area contributed by atoms with E-state index in [1.54, 1.807) is 29.2 Å². The number of alkyl carbamates (subject to hydrolysis) is 1. The lowest BCUT2D eigenvalue weighted by Crippen LogP contribution is -2.46. The van der Waals surface area contributed by atoms with Gasteiger partial charge in [-0.2, -0.15) is 0 Å². The zero-order valence-corrected chi connectivity index (χ0v) is 13.6. The molecule has 0 saturated carbocycles. The summed E-state index contributed by atoms with van der Waals surface area (Å²) in [6, 6.07) is 6.88. The molecule has 1 aromatic rings. The van der Waals surface area contributed by atoms with E-state index < -0.39 is 6.09 Å². The molecule has 7 heteroatoms. The van der Waals surface area contributed by atoms with Crippen LogP contribution >= 0.6 is 23.2 Å². The number of nitrogens with zero attached hydrogens (tertiary/aromatic N) is 1. The highest BCUT2D eigenvalue weighted by atomic mass is 35.5. The van der Waals surface area contributed by atoms with E-state index in [-0.39, 0.29) is 24.4 Å². The van der Waals surface area contributed by atoms with Gasteiger partial charge in [0.2, 0.25) is 0 Å². The van der Waals surface area contributed by atoms with Crippen LogP contribution in [0.2, 0.25) is 5.02 Å². The minimum absolute atomic E-state index is 0.0140. The number of hydrogen-bond acceptors (Lipinski definition) is 3. The molecule has 5 nitrogen and oxygen atoms in total. The van der Waals surface area contributed by atoms with Crippen LogP contribution in [-0.2, 0) is 4.74 Å². The van der Waals surface area contributed by atoms with Gasteiger partial charge in [0.15, 0.2) is 0 Å². The molecule has 1 fully saturated rings. The predicted molar refractivity (Wildman–Crippen MR) is 85.6 cm³/mol. The third kappa shape index (κ3) is 4.78. The molecule has 1 heterocycles. The summed E-state index contributed by atoms with van der Waals surface area (Å²) in [7, 11) is 0. The molecule has 1 aliphatic rings. The molecule has 22 heavy (non-hydrogen) atoms. The average Bonchev–Trinajstić information content (AvgIpc) is 2.54. The zero-order valence-electron chi connectivity index (χ0n) is 12.1. The first-order chi connectivity index (χ1) is 10.6. The molecule has 0 aromatic heterocycles. The topological polar surface area (TPSA) is 58.6 Å². The van der Waals surface area contributed by atoms with Crippen LogP contribution in [0.1, 0.15) is 23.2 Å². The van der Waals surface area contributed by atoms with Gasteiger partial charge >= 0.3 is 6.09 Å². The summed E-state index contributed by atoms with van der Waals surface area (Å²) in [5, 5.41) is 3.39. The van der Waals surface area contributed by atoms with Crippen molar-refractivity contribution in [3.63, 3.8) is 0 Å². The second kappa shape index (κ2) is 8.25. The fourth-order valence-electron chi connectivity index (χ4n) is 2.34. The van der Waals surface area contributed by atoms with Crippen LogP contribution in [0.15, 0.2) is 24.3 Å². The number of ether oxygens (including phenoxy) is 1. The quantitative estimate of drug-likeness (QED) is 0.854. The molecule has 1 aromatic carbocycles. The van der Waals surface area contributed by atoms with E-state index in [1.807, 2.05) is 0 Å². The summed E-state index contributed by atoms with van der Waals surface area (Å²) in [5.41, 5.74) is 0.623. The van der Waals surface area contributed by atoms with E-state index in [0.717, 1.165) is 0 Å². The molecule has 0 spiro atoms. The standard InChI is InChI=1S/C15H18Cl2N2O3/c16-7-10-22-15(21)18-13-5-8-19(9-6-13)14(20)11-1-3-12(17)4-2-11/h1-4,13H,5-10H2,(H,18,21). The van der Waals surface area contributed by atoms with Gasteiger partial charge in [-0.05, 0) is 37.1 Å². The SMILES string of the molecule is O=C(NC1CCN(C(=O)c2ccc(Cl)cc2)CC1)OCCCl. The number of hydrogen-bond donors (Lipinski definition) is 1. The lowest BCUT2D eigenvalue weighted by Gasteiger charge is -2.32. The first-order valence-corrected chi connectivity index (χ1v) is 8.05. The van der Waals surface area contributed by atoms with E-state index in [4.69, 9.17) is 27.9 Å². The van der Waals surface area contributed by atoms with Crippen LogP contribution in [0.3, 0.4) is 0 Å². The molecule has 0 bridgehead atoms. The van der Waals surface area contributed by atoms with Gasteiger partial charge < -0.3 is 15.0 Å². The van der Waals surface area contributed by atoms with E-state index in [0.29, 0.717) is 36.5 Å². The second-order valence-electron chi connectivity index (χ2n) is 5.04. The van der Waals surface area contributed by atoms with Crippen molar-refractivity contribution < 1.29 is 14.3 Å². The summed E-state index contributed by atoms with van der Waals surface area (Å²) in [6.07, 6.45) is 0.952. The van der Waals surface area contributed by atoms with Gasteiger partial charge in [0, 0.05) is 29.7 Å². The molecule has 0 atom stereocenters. The van der Waals surface area contributed by atoms with E-state index in [2.05, 4.69) is 5.32 Å². The highest BCUT2D eigenvalue weighted by Gasteiger charge is 2.24. The maximum absolute atomic E-state index is 12.3. The molecule has 0 unspecified atom stereocenters. The van der Waals surface area contributed by atoms with Crippen LogP contribution in [0.5, 0.6) is 0 Å². The van der Waals surface area contributed by atoms with Crippen molar-refractivity contribution in [2.24, 2.45) is 0 Å². The molecule has 1 N–H and O–H groups in total. The Bertz CT molecular complexity index is 514. The predicted octanol–water partition coefficient (Wildman–Crippen LogP) is 2.91. The maximum atomic E-state index is 12.3. The van der Waals surface area contributed by atoms with Gasteiger partial charge in [-0.25, -0.2) is 4.79 Å². The van der Waals surface area contributed by atoms with Gasteiger partial charge in [0.1, 0.15) is 6.61 Å². The first kappa shape index (κ1) is 16.9. The zero-order chi connectivity index (χ0) is 15.9. The number of piperidine rings is 1. The van der Waals surface area contributed by atoms with Crippen LogP contribution < -0.4 is 5.32 Å². The van der Waals surface area contributed by atoms with Gasteiger partial charge in [0.25, 0.3) is 5.91 Å². The van der Waals surface area contributed by atoms with Crippen molar-refractivity contribution in [1.82, 2.24) is 10.2 Å². The normalized spacial score (nSPS) is 15.5. The third-order valence-corrected chi connectivity index (χ3v) is 3.91. The van der Waals surface area contributed by atoms with E-state index in [9.17, 15) is 9.59 Å². The number of nitrogens with one attached hydrogen (secondary N) is 1. The Morgan fingerprint density at radius 3 is 2.45 bits per heavy atom. The van der Waals surface area contributed by atoms with Gasteiger partial charge in [-0.15, -0.1) is 11.6 Å². The summed E-state index contributed by atoms with van der Waals surface area (Å²) in [4.78, 5) is 25.6.